The van der Waals surface area contributed by atoms with Crippen LogP contribution in [0.2, 0.25) is 0 Å². The van der Waals surface area contributed by atoms with E-state index in [2.05, 4.69) is 23.2 Å². The van der Waals surface area contributed by atoms with Gasteiger partial charge in [0.2, 0.25) is 4.96 Å². The van der Waals surface area contributed by atoms with Gasteiger partial charge in [-0.15, -0.1) is 5.10 Å². The highest BCUT2D eigenvalue weighted by Gasteiger charge is 2.12. The summed E-state index contributed by atoms with van der Waals surface area (Å²) in [6.45, 7) is 8.13. The average Bonchev–Trinajstić information content (AvgIpc) is 3.31. The second-order valence-electron chi connectivity index (χ2n) is 6.31. The van der Waals surface area contributed by atoms with Crippen LogP contribution in [0.5, 0.6) is 11.5 Å². The molecule has 6 nitrogen and oxygen atoms in total. The zero-order valence-corrected chi connectivity index (χ0v) is 17.0. The normalized spacial score (nSPS) is 11.5. The van der Waals surface area contributed by atoms with Gasteiger partial charge in [-0.1, -0.05) is 54.8 Å². The van der Waals surface area contributed by atoms with Gasteiger partial charge in [-0.05, 0) is 36.4 Å². The van der Waals surface area contributed by atoms with E-state index in [1.807, 2.05) is 48.5 Å². The molecule has 0 fully saturated rings. The van der Waals surface area contributed by atoms with Crippen LogP contribution in [-0.4, -0.2) is 27.8 Å². The molecule has 2 aromatic carbocycles. The predicted molar refractivity (Wildman–Crippen MR) is 119 cm³/mol. The Bertz CT molecular complexity index is 1310. The first-order chi connectivity index (χ1) is 14.7. The fourth-order valence-corrected chi connectivity index (χ4v) is 3.73. The van der Waals surface area contributed by atoms with E-state index in [1.54, 1.807) is 18.2 Å². The van der Waals surface area contributed by atoms with Gasteiger partial charge in [0.05, 0.1) is 4.53 Å². The van der Waals surface area contributed by atoms with Crippen LogP contribution in [0, 0.1) is 0 Å². The molecule has 0 aliphatic carbocycles. The average molecular weight is 417 g/mol. The Morgan fingerprint density at radius 1 is 1.00 bits per heavy atom. The van der Waals surface area contributed by atoms with Crippen molar-refractivity contribution in [2.24, 2.45) is 0 Å². The van der Waals surface area contributed by atoms with E-state index in [1.165, 1.54) is 15.9 Å². The Kier molecular flexibility index (Phi) is 5.72. The molecular formula is C23H19N3O3S. The van der Waals surface area contributed by atoms with E-state index in [0.29, 0.717) is 34.3 Å². The summed E-state index contributed by atoms with van der Waals surface area (Å²) in [5.41, 5.74) is 1.42. The van der Waals surface area contributed by atoms with Crippen molar-refractivity contribution in [3.63, 3.8) is 0 Å². The number of hydrogen-bond donors (Lipinski definition) is 0. The lowest BCUT2D eigenvalue weighted by Crippen LogP contribution is -2.23. The highest BCUT2D eigenvalue weighted by molar-refractivity contribution is 7.15. The molecule has 4 rings (SSSR count). The van der Waals surface area contributed by atoms with E-state index >= 15 is 0 Å². The number of benzene rings is 2. The SMILES string of the molecule is C=CCOc1ccc(-c2nc3s/c(=C/c4ccccc4OCC=C)c(=O)n3n2)cc1. The van der Waals surface area contributed by atoms with E-state index in [-0.39, 0.29) is 5.56 Å². The van der Waals surface area contributed by atoms with Crippen LogP contribution in [0.1, 0.15) is 5.56 Å². The molecule has 7 heteroatoms. The third kappa shape index (κ3) is 4.01. The Hall–Kier alpha value is -3.71. The summed E-state index contributed by atoms with van der Waals surface area (Å²) in [5.74, 6) is 1.92. The molecule has 0 saturated heterocycles. The Labute approximate surface area is 177 Å². The Balaban J connectivity index is 1.66. The van der Waals surface area contributed by atoms with E-state index in [9.17, 15) is 4.79 Å². The summed E-state index contributed by atoms with van der Waals surface area (Å²) in [5, 5.41) is 4.39. The van der Waals surface area contributed by atoms with Gasteiger partial charge in [-0.25, -0.2) is 0 Å². The minimum Gasteiger partial charge on any atom is -0.490 e. The van der Waals surface area contributed by atoms with Crippen LogP contribution < -0.4 is 19.6 Å². The van der Waals surface area contributed by atoms with Gasteiger partial charge in [-0.2, -0.15) is 9.50 Å². The summed E-state index contributed by atoms with van der Waals surface area (Å²) in [4.78, 5) is 17.9. The van der Waals surface area contributed by atoms with Crippen molar-refractivity contribution >= 4 is 22.4 Å². The van der Waals surface area contributed by atoms with Gasteiger partial charge in [0.25, 0.3) is 5.56 Å². The molecule has 0 aliphatic rings. The summed E-state index contributed by atoms with van der Waals surface area (Å²) >= 11 is 1.29. The van der Waals surface area contributed by atoms with Crippen molar-refractivity contribution in [1.29, 1.82) is 0 Å². The van der Waals surface area contributed by atoms with E-state index in [0.717, 1.165) is 16.9 Å². The molecule has 0 amide bonds. The topological polar surface area (TPSA) is 65.7 Å². The molecule has 0 spiro atoms. The smallest absolute Gasteiger partial charge is 0.291 e. The monoisotopic (exact) mass is 417 g/mol. The minimum atomic E-state index is -0.210. The first-order valence-electron chi connectivity index (χ1n) is 9.28. The highest BCUT2D eigenvalue weighted by atomic mass is 32.1. The number of para-hydroxylation sites is 1. The maximum absolute atomic E-state index is 12.8. The molecule has 0 atom stereocenters. The van der Waals surface area contributed by atoms with Crippen molar-refractivity contribution in [2.75, 3.05) is 13.2 Å². The molecule has 0 bridgehead atoms. The molecule has 2 aromatic heterocycles. The van der Waals surface area contributed by atoms with Crippen LogP contribution >= 0.6 is 11.3 Å². The largest absolute Gasteiger partial charge is 0.490 e. The van der Waals surface area contributed by atoms with Gasteiger partial charge in [-0.3, -0.25) is 4.79 Å². The number of aromatic nitrogens is 3. The molecule has 0 radical (unpaired) electrons. The maximum atomic E-state index is 12.8. The molecule has 0 saturated carbocycles. The van der Waals surface area contributed by atoms with Gasteiger partial charge in [0, 0.05) is 11.1 Å². The van der Waals surface area contributed by atoms with Crippen molar-refractivity contribution in [1.82, 2.24) is 14.6 Å². The zero-order valence-electron chi connectivity index (χ0n) is 16.2. The quantitative estimate of drug-likeness (QED) is 0.411. The van der Waals surface area contributed by atoms with Gasteiger partial charge < -0.3 is 9.47 Å². The van der Waals surface area contributed by atoms with Gasteiger partial charge >= 0.3 is 0 Å². The third-order valence-electron chi connectivity index (χ3n) is 4.22. The molecular weight excluding hydrogens is 398 g/mol. The standard InChI is InChI=1S/C23H19N3O3S/c1-3-13-28-18-11-9-16(10-12-18)21-24-23-26(25-21)22(27)20(30-23)15-17-7-5-6-8-19(17)29-14-4-2/h3-12,15H,1-2,13-14H2/b20-15+. The number of hydrogen-bond acceptors (Lipinski definition) is 6. The summed E-state index contributed by atoms with van der Waals surface area (Å²) in [6, 6.07) is 14.9. The fourth-order valence-electron chi connectivity index (χ4n) is 2.83. The molecule has 0 unspecified atom stereocenters. The maximum Gasteiger partial charge on any atom is 0.291 e. The molecule has 150 valence electrons. The van der Waals surface area contributed by atoms with Crippen molar-refractivity contribution < 1.29 is 9.47 Å². The van der Waals surface area contributed by atoms with Crippen LogP contribution in [0.25, 0.3) is 22.4 Å². The van der Waals surface area contributed by atoms with Crippen molar-refractivity contribution in [3.8, 4) is 22.9 Å². The molecule has 2 heterocycles. The zero-order chi connectivity index (χ0) is 20.9. The summed E-state index contributed by atoms with van der Waals surface area (Å²) in [6.07, 6.45) is 5.17. The molecule has 0 aliphatic heterocycles. The third-order valence-corrected chi connectivity index (χ3v) is 5.18. The number of ether oxygens (including phenoxy) is 2. The Morgan fingerprint density at radius 2 is 1.73 bits per heavy atom. The van der Waals surface area contributed by atoms with Crippen LogP contribution in [0.3, 0.4) is 0 Å². The van der Waals surface area contributed by atoms with Crippen LogP contribution in [0.4, 0.5) is 0 Å². The van der Waals surface area contributed by atoms with E-state index in [4.69, 9.17) is 9.47 Å². The number of rotatable bonds is 8. The van der Waals surface area contributed by atoms with Crippen LogP contribution in [0.15, 0.2) is 78.6 Å². The first-order valence-corrected chi connectivity index (χ1v) is 10.1. The minimum absolute atomic E-state index is 0.210. The fraction of sp³-hybridized carbons (Fsp3) is 0.0870. The second-order valence-corrected chi connectivity index (χ2v) is 7.32. The van der Waals surface area contributed by atoms with Crippen molar-refractivity contribution in [2.45, 2.75) is 0 Å². The molecule has 0 N–H and O–H groups in total. The highest BCUT2D eigenvalue weighted by Crippen LogP contribution is 2.21. The van der Waals surface area contributed by atoms with E-state index < -0.39 is 0 Å². The van der Waals surface area contributed by atoms with Gasteiger partial charge in [0.1, 0.15) is 24.7 Å². The summed E-state index contributed by atoms with van der Waals surface area (Å²) < 4.78 is 13.0. The van der Waals surface area contributed by atoms with Gasteiger partial charge in [0.15, 0.2) is 5.82 Å². The second kappa shape index (κ2) is 8.75. The first kappa shape index (κ1) is 19.6. The lowest BCUT2D eigenvalue weighted by molar-refractivity contribution is 0.362. The lowest BCUT2D eigenvalue weighted by atomic mass is 10.2. The number of nitrogens with zero attached hydrogens (tertiary/aromatic N) is 3. The Morgan fingerprint density at radius 3 is 2.47 bits per heavy atom. The predicted octanol–water partition coefficient (Wildman–Crippen LogP) is 3.50. The lowest BCUT2D eigenvalue weighted by Gasteiger charge is -2.05. The number of thiazole rings is 1. The summed E-state index contributed by atoms with van der Waals surface area (Å²) in [7, 11) is 0. The molecule has 30 heavy (non-hydrogen) atoms. The number of fused-ring (bicyclic) bond motifs is 1. The molecule has 4 aromatic rings. The van der Waals surface area contributed by atoms with Crippen LogP contribution in [-0.2, 0) is 0 Å². The van der Waals surface area contributed by atoms with Crippen molar-refractivity contribution in [3.05, 3.63) is 94.3 Å².